The van der Waals surface area contributed by atoms with Crippen molar-refractivity contribution in [2.24, 2.45) is 0 Å². The molecular weight excluding hydrogens is 240 g/mol. The summed E-state index contributed by atoms with van der Waals surface area (Å²) < 4.78 is 26.3. The summed E-state index contributed by atoms with van der Waals surface area (Å²) in [6.45, 7) is 5.01. The van der Waals surface area contributed by atoms with Crippen LogP contribution in [-0.4, -0.2) is 26.2 Å². The molecule has 0 aliphatic carbocycles. The van der Waals surface area contributed by atoms with Crippen molar-refractivity contribution in [1.29, 1.82) is 0 Å². The van der Waals surface area contributed by atoms with E-state index in [0.29, 0.717) is 0 Å². The molecule has 0 aliphatic heterocycles. The Morgan fingerprint density at radius 2 is 1.88 bits per heavy atom. The van der Waals surface area contributed by atoms with Crippen LogP contribution in [0.15, 0.2) is 17.0 Å². The average Bonchev–Trinajstić information content (AvgIpc) is 2.22. The second kappa shape index (κ2) is 5.03. The quantitative estimate of drug-likeness (QED) is 0.687. The molecule has 1 aromatic rings. The zero-order valence-electron chi connectivity index (χ0n) is 10.2. The Morgan fingerprint density at radius 1 is 1.35 bits per heavy atom. The van der Waals surface area contributed by atoms with Crippen LogP contribution in [0.1, 0.15) is 18.1 Å². The minimum Gasteiger partial charge on any atom is -0.398 e. The van der Waals surface area contributed by atoms with Gasteiger partial charge in [0, 0.05) is 6.04 Å². The number of anilines is 1. The molecule has 1 aromatic carbocycles. The minimum atomic E-state index is -3.68. The van der Waals surface area contributed by atoms with Gasteiger partial charge in [-0.25, -0.2) is 13.1 Å². The maximum Gasteiger partial charge on any atom is 0.242 e. The molecule has 1 atom stereocenters. The van der Waals surface area contributed by atoms with Crippen molar-refractivity contribution in [3.63, 3.8) is 0 Å². The van der Waals surface area contributed by atoms with Crippen molar-refractivity contribution in [3.05, 3.63) is 23.3 Å². The number of hydrogen-bond donors (Lipinski definition) is 3. The molecule has 0 unspecified atom stereocenters. The van der Waals surface area contributed by atoms with Gasteiger partial charge < -0.3 is 10.8 Å². The Kier molecular flexibility index (Phi) is 4.13. The van der Waals surface area contributed by atoms with E-state index in [9.17, 15) is 8.42 Å². The minimum absolute atomic E-state index is 0.0564. The molecule has 1 rings (SSSR count). The van der Waals surface area contributed by atoms with E-state index in [1.807, 2.05) is 13.8 Å². The number of nitrogens with one attached hydrogen (secondary N) is 1. The Balaban J connectivity index is 3.20. The van der Waals surface area contributed by atoms with Gasteiger partial charge in [0.05, 0.1) is 12.3 Å². The fourth-order valence-corrected chi connectivity index (χ4v) is 2.84. The lowest BCUT2D eigenvalue weighted by atomic mass is 10.1. The highest BCUT2D eigenvalue weighted by atomic mass is 32.2. The number of rotatable bonds is 4. The van der Waals surface area contributed by atoms with Crippen LogP contribution in [0.3, 0.4) is 0 Å². The summed E-state index contributed by atoms with van der Waals surface area (Å²) in [5.74, 6) is 0. The first-order valence-electron chi connectivity index (χ1n) is 5.28. The van der Waals surface area contributed by atoms with Crippen LogP contribution < -0.4 is 10.5 Å². The van der Waals surface area contributed by atoms with Gasteiger partial charge in [-0.05, 0) is 44.0 Å². The number of aliphatic hydroxyl groups excluding tert-OH is 1. The molecule has 96 valence electrons. The molecule has 0 heterocycles. The third-order valence-electron chi connectivity index (χ3n) is 2.55. The lowest BCUT2D eigenvalue weighted by molar-refractivity contribution is 0.265. The molecular formula is C11H18N2O3S. The number of sulfonamides is 1. The van der Waals surface area contributed by atoms with Crippen LogP contribution in [0.5, 0.6) is 0 Å². The van der Waals surface area contributed by atoms with Gasteiger partial charge in [0.25, 0.3) is 0 Å². The summed E-state index contributed by atoms with van der Waals surface area (Å²) in [6.07, 6.45) is 0. The molecule has 0 aliphatic rings. The van der Waals surface area contributed by atoms with Crippen molar-refractivity contribution in [2.75, 3.05) is 12.3 Å². The highest BCUT2D eigenvalue weighted by Crippen LogP contribution is 2.22. The molecule has 0 bridgehead atoms. The van der Waals surface area contributed by atoms with Crippen LogP contribution in [0.25, 0.3) is 0 Å². The van der Waals surface area contributed by atoms with Gasteiger partial charge in [-0.15, -0.1) is 0 Å². The van der Waals surface area contributed by atoms with E-state index in [4.69, 9.17) is 10.8 Å². The van der Waals surface area contributed by atoms with Crippen LogP contribution in [0.2, 0.25) is 0 Å². The van der Waals surface area contributed by atoms with Crippen molar-refractivity contribution in [2.45, 2.75) is 31.7 Å². The lowest BCUT2D eigenvalue weighted by Crippen LogP contribution is -2.35. The third-order valence-corrected chi connectivity index (χ3v) is 4.19. The van der Waals surface area contributed by atoms with Crippen LogP contribution in [0.4, 0.5) is 5.69 Å². The highest BCUT2D eigenvalue weighted by molar-refractivity contribution is 7.89. The normalized spacial score (nSPS) is 13.6. The van der Waals surface area contributed by atoms with Crippen molar-refractivity contribution in [3.8, 4) is 0 Å². The number of aliphatic hydroxyl groups is 1. The monoisotopic (exact) mass is 258 g/mol. The summed E-state index contributed by atoms with van der Waals surface area (Å²) in [5, 5.41) is 8.85. The first kappa shape index (κ1) is 14.0. The molecule has 0 saturated heterocycles. The molecule has 0 radical (unpaired) electrons. The third kappa shape index (κ3) is 3.18. The van der Waals surface area contributed by atoms with Crippen molar-refractivity contribution in [1.82, 2.24) is 4.72 Å². The largest absolute Gasteiger partial charge is 0.398 e. The fourth-order valence-electron chi connectivity index (χ4n) is 1.41. The molecule has 4 N–H and O–H groups in total. The molecule has 0 fully saturated rings. The predicted molar refractivity (Wildman–Crippen MR) is 67.2 cm³/mol. The summed E-state index contributed by atoms with van der Waals surface area (Å²) in [6, 6.07) is 2.63. The van der Waals surface area contributed by atoms with E-state index in [1.165, 1.54) is 6.07 Å². The van der Waals surface area contributed by atoms with E-state index in [-0.39, 0.29) is 17.2 Å². The molecule has 6 heteroatoms. The summed E-state index contributed by atoms with van der Waals surface area (Å²) >= 11 is 0. The zero-order chi connectivity index (χ0) is 13.2. The van der Waals surface area contributed by atoms with Gasteiger partial charge >= 0.3 is 0 Å². The SMILES string of the molecule is Cc1cc(N)c(S(=O)(=O)N[C@H](C)CO)cc1C. The van der Waals surface area contributed by atoms with Crippen molar-refractivity contribution < 1.29 is 13.5 Å². The standard InChI is InChI=1S/C11H18N2O3S/c1-7-4-10(12)11(5-8(7)2)17(15,16)13-9(3)6-14/h4-5,9,13-14H,6,12H2,1-3H3/t9-/m1/s1. The highest BCUT2D eigenvalue weighted by Gasteiger charge is 2.20. The van der Waals surface area contributed by atoms with Crippen molar-refractivity contribution >= 4 is 15.7 Å². The lowest BCUT2D eigenvalue weighted by Gasteiger charge is -2.14. The number of nitrogen functional groups attached to an aromatic ring is 1. The Labute approximate surface area is 102 Å². The van der Waals surface area contributed by atoms with E-state index < -0.39 is 16.1 Å². The van der Waals surface area contributed by atoms with E-state index in [0.717, 1.165) is 11.1 Å². The Morgan fingerprint density at radius 3 is 2.41 bits per heavy atom. The summed E-state index contributed by atoms with van der Waals surface area (Å²) in [4.78, 5) is 0.0564. The molecule has 5 nitrogen and oxygen atoms in total. The molecule has 0 spiro atoms. The average molecular weight is 258 g/mol. The van der Waals surface area contributed by atoms with Gasteiger partial charge in [0.2, 0.25) is 10.0 Å². The summed E-state index contributed by atoms with van der Waals surface area (Å²) in [7, 11) is -3.68. The topological polar surface area (TPSA) is 92.4 Å². The number of benzene rings is 1. The predicted octanol–water partition coefficient (Wildman–Crippen LogP) is 0.545. The number of hydrogen-bond acceptors (Lipinski definition) is 4. The van der Waals surface area contributed by atoms with Crippen LogP contribution >= 0.6 is 0 Å². The fraction of sp³-hybridized carbons (Fsp3) is 0.455. The Hall–Kier alpha value is -1.11. The van der Waals surface area contributed by atoms with Gasteiger partial charge in [0.15, 0.2) is 0 Å². The van der Waals surface area contributed by atoms with E-state index in [2.05, 4.69) is 4.72 Å². The zero-order valence-corrected chi connectivity index (χ0v) is 11.0. The second-order valence-electron chi connectivity index (χ2n) is 4.18. The number of nitrogens with two attached hydrogens (primary N) is 1. The van der Waals surface area contributed by atoms with Gasteiger partial charge in [-0.1, -0.05) is 0 Å². The molecule has 17 heavy (non-hydrogen) atoms. The van der Waals surface area contributed by atoms with E-state index in [1.54, 1.807) is 13.0 Å². The van der Waals surface area contributed by atoms with Crippen LogP contribution in [0, 0.1) is 13.8 Å². The Bertz CT molecular complexity index is 512. The van der Waals surface area contributed by atoms with Gasteiger partial charge in [-0.2, -0.15) is 0 Å². The van der Waals surface area contributed by atoms with Gasteiger partial charge in [0.1, 0.15) is 4.90 Å². The smallest absolute Gasteiger partial charge is 0.242 e. The number of aryl methyl sites for hydroxylation is 2. The molecule has 0 amide bonds. The maximum atomic E-state index is 12.0. The maximum absolute atomic E-state index is 12.0. The molecule has 0 aromatic heterocycles. The summed E-state index contributed by atoms with van der Waals surface area (Å²) in [5.41, 5.74) is 7.72. The first-order chi connectivity index (χ1) is 7.77. The van der Waals surface area contributed by atoms with Gasteiger partial charge in [-0.3, -0.25) is 0 Å². The van der Waals surface area contributed by atoms with Crippen LogP contribution in [-0.2, 0) is 10.0 Å². The molecule has 0 saturated carbocycles. The first-order valence-corrected chi connectivity index (χ1v) is 6.76. The van der Waals surface area contributed by atoms with E-state index >= 15 is 0 Å². The second-order valence-corrected chi connectivity index (χ2v) is 5.86.